The maximum absolute atomic E-state index is 15.3. The molecule has 3 aliphatic rings. The Bertz CT molecular complexity index is 1350. The number of fused-ring (bicyclic) bond motifs is 2. The number of hydrogen-bond donors (Lipinski definition) is 0. The highest BCUT2D eigenvalue weighted by Crippen LogP contribution is 2.75. The summed E-state index contributed by atoms with van der Waals surface area (Å²) < 4.78 is 64.3. The quantitative estimate of drug-likeness (QED) is 0.538. The van der Waals surface area contributed by atoms with E-state index in [2.05, 4.69) is 21.3 Å². The summed E-state index contributed by atoms with van der Waals surface area (Å²) in [7, 11) is 1.76. The van der Waals surface area contributed by atoms with Gasteiger partial charge in [0.25, 0.3) is 5.89 Å². The lowest BCUT2D eigenvalue weighted by Crippen LogP contribution is -2.34. The van der Waals surface area contributed by atoms with Crippen LogP contribution in [-0.4, -0.2) is 59.5 Å². The molecule has 2 saturated heterocycles. The molecule has 0 N–H and O–H groups in total. The van der Waals surface area contributed by atoms with Crippen LogP contribution < -0.4 is 4.90 Å². The third-order valence-electron chi connectivity index (χ3n) is 7.69. The number of anilines is 1. The summed E-state index contributed by atoms with van der Waals surface area (Å²) in [5.74, 6) is -0.416. The lowest BCUT2D eigenvalue weighted by Gasteiger charge is -2.25. The minimum atomic E-state index is -4.52. The largest absolute Gasteiger partial charge is 0.421 e. The van der Waals surface area contributed by atoms with Crippen LogP contribution in [0.4, 0.5) is 23.2 Å². The zero-order chi connectivity index (χ0) is 23.9. The fraction of sp³-hybridized carbons (Fsp3) is 0.478. The van der Waals surface area contributed by atoms with Crippen molar-refractivity contribution in [3.05, 3.63) is 47.8 Å². The van der Waals surface area contributed by atoms with Crippen molar-refractivity contribution in [2.75, 3.05) is 38.1 Å². The molecule has 1 aliphatic carbocycles. The molecular weight excluding hydrogens is 452 g/mol. The van der Waals surface area contributed by atoms with Crippen LogP contribution in [-0.2, 0) is 11.1 Å². The molecule has 3 atom stereocenters. The van der Waals surface area contributed by atoms with E-state index in [1.54, 1.807) is 47.3 Å². The van der Waals surface area contributed by atoms with Crippen LogP contribution in [0.3, 0.4) is 0 Å². The molecule has 3 fully saturated rings. The molecule has 3 aromatic rings. The van der Waals surface area contributed by atoms with Gasteiger partial charge < -0.3 is 14.2 Å². The van der Waals surface area contributed by atoms with Crippen LogP contribution >= 0.6 is 0 Å². The molecule has 0 spiro atoms. The van der Waals surface area contributed by atoms with Gasteiger partial charge in [-0.2, -0.15) is 18.4 Å². The van der Waals surface area contributed by atoms with Crippen LogP contribution in [0, 0.1) is 16.7 Å². The first kappa shape index (κ1) is 21.3. The van der Waals surface area contributed by atoms with E-state index < -0.39 is 22.7 Å². The molecule has 1 aromatic carbocycles. The molecule has 34 heavy (non-hydrogen) atoms. The molecule has 11 heteroatoms. The van der Waals surface area contributed by atoms with Gasteiger partial charge in [0.15, 0.2) is 0 Å². The number of halogens is 4. The number of benzene rings is 1. The average molecular weight is 472 g/mol. The Balaban J connectivity index is 1.41. The number of rotatable bonds is 3. The first-order valence-electron chi connectivity index (χ1n) is 10.9. The van der Waals surface area contributed by atoms with Crippen LogP contribution in [0.1, 0.15) is 30.2 Å². The first-order chi connectivity index (χ1) is 16.1. The van der Waals surface area contributed by atoms with Gasteiger partial charge in [-0.05, 0) is 37.7 Å². The number of hydrogen-bond acceptors (Lipinski definition) is 7. The van der Waals surface area contributed by atoms with Crippen LogP contribution in [0.2, 0.25) is 0 Å². The topological polar surface area (TPSA) is 82.1 Å². The standard InChI is InChI=1S/C23H20F4N6O/c1-32-8-6-21(24,12-32)19-31-30-18(34-19)20-10-22(20,23(25,26)27)13-33(11-20)16-5-4-14(9-28)17-15(16)3-2-7-29-17/h2-5,7H,6,8,10-13H2,1H3/t20-,21?,22-/m0/s1. The van der Waals surface area contributed by atoms with Crippen LogP contribution in [0.5, 0.6) is 0 Å². The third-order valence-corrected chi connectivity index (χ3v) is 7.69. The van der Waals surface area contributed by atoms with Crippen molar-refractivity contribution in [1.82, 2.24) is 20.1 Å². The molecule has 2 aliphatic heterocycles. The Morgan fingerprint density at radius 3 is 2.62 bits per heavy atom. The maximum Gasteiger partial charge on any atom is 0.397 e. The van der Waals surface area contributed by atoms with E-state index in [1.807, 2.05) is 0 Å². The van der Waals surface area contributed by atoms with Gasteiger partial charge in [-0.25, -0.2) is 4.39 Å². The first-order valence-corrected chi connectivity index (χ1v) is 10.9. The molecule has 0 bridgehead atoms. The monoisotopic (exact) mass is 472 g/mol. The molecule has 176 valence electrons. The highest BCUT2D eigenvalue weighted by Gasteiger charge is 2.86. The molecule has 7 nitrogen and oxygen atoms in total. The molecule has 2 aromatic heterocycles. The highest BCUT2D eigenvalue weighted by molar-refractivity contribution is 5.95. The zero-order valence-corrected chi connectivity index (χ0v) is 18.2. The van der Waals surface area contributed by atoms with Crippen molar-refractivity contribution < 1.29 is 22.0 Å². The van der Waals surface area contributed by atoms with Gasteiger partial charge in [0.1, 0.15) is 11.5 Å². The fourth-order valence-corrected chi connectivity index (χ4v) is 5.82. The van der Waals surface area contributed by atoms with Gasteiger partial charge in [-0.1, -0.05) is 0 Å². The van der Waals surface area contributed by atoms with Gasteiger partial charge in [-0.3, -0.25) is 4.98 Å². The van der Waals surface area contributed by atoms with Crippen molar-refractivity contribution in [1.29, 1.82) is 5.26 Å². The van der Waals surface area contributed by atoms with Crippen LogP contribution in [0.25, 0.3) is 10.9 Å². The SMILES string of the molecule is CN1CCC(F)(c2nnc([C@]34CN(c5ccc(C#N)c6ncccc56)C[C@@]3(C(F)(F)F)C4)o2)C1. The van der Waals surface area contributed by atoms with Gasteiger partial charge in [0.05, 0.1) is 16.5 Å². The number of likely N-dealkylation sites (N-methyl/N-ethyl adjacent to an activating group) is 1. The zero-order valence-electron chi connectivity index (χ0n) is 18.2. The van der Waals surface area contributed by atoms with E-state index >= 15 is 4.39 Å². The summed E-state index contributed by atoms with van der Waals surface area (Å²) in [4.78, 5) is 7.68. The number of nitriles is 1. The molecule has 6 rings (SSSR count). The van der Waals surface area contributed by atoms with E-state index in [4.69, 9.17) is 4.42 Å². The minimum absolute atomic E-state index is 0.0107. The second kappa shape index (κ2) is 6.66. The minimum Gasteiger partial charge on any atom is -0.421 e. The predicted molar refractivity (Wildman–Crippen MR) is 113 cm³/mol. The van der Waals surface area contributed by atoms with Crippen molar-refractivity contribution in [2.45, 2.75) is 30.1 Å². The second-order valence-corrected chi connectivity index (χ2v) is 9.70. The van der Waals surface area contributed by atoms with Crippen molar-refractivity contribution in [3.8, 4) is 6.07 Å². The smallest absolute Gasteiger partial charge is 0.397 e. The summed E-state index contributed by atoms with van der Waals surface area (Å²) in [6.45, 7) is 0.249. The maximum atomic E-state index is 15.3. The summed E-state index contributed by atoms with van der Waals surface area (Å²) in [6, 6.07) is 8.71. The number of pyridine rings is 1. The van der Waals surface area contributed by atoms with E-state index in [9.17, 15) is 18.4 Å². The third kappa shape index (κ3) is 2.69. The van der Waals surface area contributed by atoms with E-state index in [0.29, 0.717) is 28.7 Å². The van der Waals surface area contributed by atoms with E-state index in [0.717, 1.165) is 0 Å². The summed E-state index contributed by atoms with van der Waals surface area (Å²) in [5, 5.41) is 17.8. The van der Waals surface area contributed by atoms with Crippen LogP contribution in [0.15, 0.2) is 34.9 Å². The number of aromatic nitrogens is 3. The Labute approximate surface area is 192 Å². The highest BCUT2D eigenvalue weighted by atomic mass is 19.4. The normalized spacial score (nSPS) is 31.1. The summed E-state index contributed by atoms with van der Waals surface area (Å²) >= 11 is 0. The van der Waals surface area contributed by atoms with Crippen molar-refractivity contribution >= 4 is 16.6 Å². The van der Waals surface area contributed by atoms with Crippen molar-refractivity contribution in [3.63, 3.8) is 0 Å². The van der Waals surface area contributed by atoms with Gasteiger partial charge in [0.2, 0.25) is 11.6 Å². The summed E-state index contributed by atoms with van der Waals surface area (Å²) in [6.07, 6.45) is -3.01. The van der Waals surface area contributed by atoms with Crippen molar-refractivity contribution in [2.24, 2.45) is 5.41 Å². The van der Waals surface area contributed by atoms with Gasteiger partial charge in [0, 0.05) is 49.9 Å². The number of nitrogens with zero attached hydrogens (tertiary/aromatic N) is 6. The lowest BCUT2D eigenvalue weighted by molar-refractivity contribution is -0.187. The second-order valence-electron chi connectivity index (χ2n) is 9.70. The Hall–Kier alpha value is -3.26. The number of likely N-dealkylation sites (tertiary alicyclic amines) is 1. The molecule has 0 radical (unpaired) electrons. The van der Waals surface area contributed by atoms with Gasteiger partial charge in [-0.15, -0.1) is 10.2 Å². The number of alkyl halides is 4. The van der Waals surface area contributed by atoms with E-state index in [1.165, 1.54) is 0 Å². The average Bonchev–Trinajstić information content (AvgIpc) is 3.19. The molecular formula is C23H20F4N6O. The van der Waals surface area contributed by atoms with Gasteiger partial charge >= 0.3 is 6.18 Å². The Morgan fingerprint density at radius 2 is 1.91 bits per heavy atom. The molecule has 1 unspecified atom stereocenters. The lowest BCUT2D eigenvalue weighted by atomic mass is 9.95. The molecule has 1 saturated carbocycles. The molecule has 4 heterocycles. The molecule has 0 amide bonds. The summed E-state index contributed by atoms with van der Waals surface area (Å²) in [5.41, 5.74) is -4.04. The Kier molecular flexibility index (Phi) is 4.17. The number of piperidine rings is 1. The Morgan fingerprint density at radius 1 is 1.12 bits per heavy atom. The van der Waals surface area contributed by atoms with E-state index in [-0.39, 0.29) is 44.3 Å². The predicted octanol–water partition coefficient (Wildman–Crippen LogP) is 3.70. The fourth-order valence-electron chi connectivity index (χ4n) is 5.82.